The monoisotopic (exact) mass is 391 g/mol. The summed E-state index contributed by atoms with van der Waals surface area (Å²) in [4.78, 5) is 14.6. The molecule has 2 aromatic rings. The Morgan fingerprint density at radius 2 is 2.00 bits per heavy atom. The van der Waals surface area contributed by atoms with Gasteiger partial charge in [0, 0.05) is 13.1 Å². The van der Waals surface area contributed by atoms with Crippen LogP contribution in [0.2, 0.25) is 10.0 Å². The van der Waals surface area contributed by atoms with Crippen LogP contribution in [0.15, 0.2) is 42.5 Å². The molecule has 0 aromatic heterocycles. The van der Waals surface area contributed by atoms with E-state index in [4.69, 9.17) is 23.2 Å². The lowest BCUT2D eigenvalue weighted by molar-refractivity contribution is -0.133. The Morgan fingerprint density at radius 1 is 1.23 bits per heavy atom. The highest BCUT2D eigenvalue weighted by Crippen LogP contribution is 2.40. The molecule has 3 nitrogen and oxygen atoms in total. The number of rotatable bonds is 3. The van der Waals surface area contributed by atoms with Crippen LogP contribution in [0.25, 0.3) is 0 Å². The second-order valence-corrected chi connectivity index (χ2v) is 8.20. The molecular weight excluding hydrogens is 369 g/mol. The molecule has 3 rings (SSSR count). The predicted octanol–water partition coefficient (Wildman–Crippen LogP) is 5.07. The summed E-state index contributed by atoms with van der Waals surface area (Å²) in [6.45, 7) is 5.79. The molecule has 5 heteroatoms. The molecule has 0 radical (unpaired) electrons. The third-order valence-electron chi connectivity index (χ3n) is 5.68. The van der Waals surface area contributed by atoms with Crippen molar-refractivity contribution in [3.63, 3.8) is 0 Å². The number of phenols is 1. The minimum absolute atomic E-state index is 0.0564. The normalized spacial score (nSPS) is 23.1. The van der Waals surface area contributed by atoms with E-state index < -0.39 is 0 Å². The lowest BCUT2D eigenvalue weighted by Gasteiger charge is -2.45. The molecule has 0 aliphatic carbocycles. The summed E-state index contributed by atoms with van der Waals surface area (Å²) < 4.78 is 0. The van der Waals surface area contributed by atoms with Gasteiger partial charge in [0.2, 0.25) is 5.91 Å². The molecule has 2 atom stereocenters. The van der Waals surface area contributed by atoms with Crippen LogP contribution in [0.5, 0.6) is 5.75 Å². The molecule has 0 bridgehead atoms. The van der Waals surface area contributed by atoms with Crippen LogP contribution in [0.3, 0.4) is 0 Å². The summed E-state index contributed by atoms with van der Waals surface area (Å²) in [5.74, 6) is 0.679. The van der Waals surface area contributed by atoms with Crippen LogP contribution in [-0.4, -0.2) is 29.0 Å². The van der Waals surface area contributed by atoms with E-state index >= 15 is 0 Å². The summed E-state index contributed by atoms with van der Waals surface area (Å²) in [5.41, 5.74) is 1.94. The van der Waals surface area contributed by atoms with Crippen molar-refractivity contribution in [2.24, 2.45) is 5.92 Å². The number of carbonyl (C=O) groups is 1. The number of hydrogen-bond acceptors (Lipinski definition) is 2. The quantitative estimate of drug-likeness (QED) is 0.793. The van der Waals surface area contributed by atoms with Gasteiger partial charge in [-0.25, -0.2) is 0 Å². The number of likely N-dealkylation sites (tertiary alicyclic amines) is 1. The Hall–Kier alpha value is -1.71. The van der Waals surface area contributed by atoms with Crippen LogP contribution in [0, 0.1) is 5.92 Å². The number of benzene rings is 2. The lowest BCUT2D eigenvalue weighted by atomic mass is 9.68. The Labute approximate surface area is 164 Å². The highest BCUT2D eigenvalue weighted by molar-refractivity contribution is 6.42. The van der Waals surface area contributed by atoms with Gasteiger partial charge in [0.15, 0.2) is 0 Å². The van der Waals surface area contributed by atoms with Gasteiger partial charge in [-0.05, 0) is 53.1 Å². The van der Waals surface area contributed by atoms with Gasteiger partial charge in [0.1, 0.15) is 5.75 Å². The van der Waals surface area contributed by atoms with E-state index in [-0.39, 0.29) is 23.0 Å². The van der Waals surface area contributed by atoms with Crippen molar-refractivity contribution in [3.05, 3.63) is 63.6 Å². The third kappa shape index (κ3) is 3.84. The minimum Gasteiger partial charge on any atom is -0.508 e. The maximum atomic E-state index is 12.7. The molecule has 0 unspecified atom stereocenters. The molecular formula is C21H23Cl2NO2. The van der Waals surface area contributed by atoms with E-state index in [0.717, 1.165) is 17.5 Å². The molecule has 1 aliphatic rings. The molecule has 0 saturated carbocycles. The van der Waals surface area contributed by atoms with Crippen molar-refractivity contribution >= 4 is 29.1 Å². The van der Waals surface area contributed by atoms with Gasteiger partial charge in [-0.15, -0.1) is 0 Å². The predicted molar refractivity (Wildman–Crippen MR) is 106 cm³/mol. The van der Waals surface area contributed by atoms with Crippen LogP contribution in [0.4, 0.5) is 0 Å². The summed E-state index contributed by atoms with van der Waals surface area (Å²) in [7, 11) is 0. The zero-order valence-electron chi connectivity index (χ0n) is 15.0. The number of aromatic hydroxyl groups is 1. The maximum absolute atomic E-state index is 12.7. The van der Waals surface area contributed by atoms with Crippen molar-refractivity contribution in [3.8, 4) is 5.75 Å². The summed E-state index contributed by atoms with van der Waals surface area (Å²) in [5, 5.41) is 10.8. The molecule has 1 amide bonds. The Bertz CT molecular complexity index is 823. The first-order chi connectivity index (χ1) is 12.3. The first kappa shape index (κ1) is 19.1. The van der Waals surface area contributed by atoms with E-state index in [1.54, 1.807) is 18.2 Å². The number of piperidine rings is 1. The van der Waals surface area contributed by atoms with Gasteiger partial charge in [-0.2, -0.15) is 0 Å². The molecule has 1 N–H and O–H groups in total. The molecule has 1 fully saturated rings. The zero-order chi connectivity index (χ0) is 18.9. The summed E-state index contributed by atoms with van der Waals surface area (Å²) >= 11 is 12.0. The Balaban J connectivity index is 1.69. The van der Waals surface area contributed by atoms with E-state index in [1.165, 1.54) is 0 Å². The average Bonchev–Trinajstić information content (AvgIpc) is 2.60. The van der Waals surface area contributed by atoms with Gasteiger partial charge in [-0.3, -0.25) is 4.79 Å². The van der Waals surface area contributed by atoms with Crippen LogP contribution >= 0.6 is 23.2 Å². The molecule has 1 aliphatic heterocycles. The topological polar surface area (TPSA) is 40.5 Å². The maximum Gasteiger partial charge on any atom is 0.227 e. The Kier molecular flexibility index (Phi) is 5.50. The van der Waals surface area contributed by atoms with Gasteiger partial charge >= 0.3 is 0 Å². The highest BCUT2D eigenvalue weighted by atomic mass is 35.5. The van der Waals surface area contributed by atoms with Crippen molar-refractivity contribution in [2.45, 2.75) is 32.1 Å². The van der Waals surface area contributed by atoms with Gasteiger partial charge in [0.05, 0.1) is 16.5 Å². The number of nitrogens with zero attached hydrogens (tertiary/aromatic N) is 1. The van der Waals surface area contributed by atoms with Gasteiger partial charge in [-0.1, -0.05) is 55.2 Å². The van der Waals surface area contributed by atoms with Crippen LogP contribution < -0.4 is 0 Å². The molecule has 26 heavy (non-hydrogen) atoms. The zero-order valence-corrected chi connectivity index (χ0v) is 16.5. The number of phenolic OH excluding ortho intramolecular Hbond substituents is 1. The first-order valence-corrected chi connectivity index (χ1v) is 9.56. The van der Waals surface area contributed by atoms with Crippen molar-refractivity contribution in [1.82, 2.24) is 4.90 Å². The molecule has 138 valence electrons. The summed E-state index contributed by atoms with van der Waals surface area (Å²) in [6.07, 6.45) is 1.19. The van der Waals surface area contributed by atoms with Crippen LogP contribution in [0.1, 0.15) is 31.4 Å². The number of hydrogen-bond donors (Lipinski definition) is 1. The number of halogens is 2. The standard InChI is InChI=1S/C21H23Cl2NO2/c1-14-13-24(20(26)11-15-6-7-18(22)19(23)10-15)9-8-21(14,2)16-4-3-5-17(25)12-16/h3-7,10,12,14,25H,8-9,11,13H2,1-2H3/t14-,21+/m0/s1. The van der Waals surface area contributed by atoms with Crippen molar-refractivity contribution in [1.29, 1.82) is 0 Å². The SMILES string of the molecule is C[C@H]1CN(C(=O)Cc2ccc(Cl)c(Cl)c2)CC[C@@]1(C)c1cccc(O)c1. The van der Waals surface area contributed by atoms with E-state index in [2.05, 4.69) is 19.9 Å². The smallest absolute Gasteiger partial charge is 0.227 e. The molecule has 0 spiro atoms. The molecule has 1 heterocycles. The number of carbonyl (C=O) groups excluding carboxylic acids is 1. The van der Waals surface area contributed by atoms with E-state index in [1.807, 2.05) is 23.1 Å². The average molecular weight is 392 g/mol. The van der Waals surface area contributed by atoms with Gasteiger partial charge < -0.3 is 10.0 Å². The van der Waals surface area contributed by atoms with E-state index in [0.29, 0.717) is 29.6 Å². The Morgan fingerprint density at radius 3 is 2.65 bits per heavy atom. The van der Waals surface area contributed by atoms with Gasteiger partial charge in [0.25, 0.3) is 0 Å². The second-order valence-electron chi connectivity index (χ2n) is 7.38. The summed E-state index contributed by atoms with van der Waals surface area (Å²) in [6, 6.07) is 12.8. The fourth-order valence-corrected chi connectivity index (χ4v) is 4.01. The fourth-order valence-electron chi connectivity index (χ4n) is 3.69. The largest absolute Gasteiger partial charge is 0.508 e. The van der Waals surface area contributed by atoms with Crippen molar-refractivity contribution in [2.75, 3.05) is 13.1 Å². The fraction of sp³-hybridized carbons (Fsp3) is 0.381. The third-order valence-corrected chi connectivity index (χ3v) is 6.42. The minimum atomic E-state index is -0.0564. The van der Waals surface area contributed by atoms with Crippen molar-refractivity contribution < 1.29 is 9.90 Å². The second kappa shape index (κ2) is 7.50. The molecule has 1 saturated heterocycles. The highest BCUT2D eigenvalue weighted by Gasteiger charge is 2.39. The van der Waals surface area contributed by atoms with E-state index in [9.17, 15) is 9.90 Å². The molecule has 2 aromatic carbocycles. The number of amides is 1. The first-order valence-electron chi connectivity index (χ1n) is 8.81. The lowest BCUT2D eigenvalue weighted by Crippen LogP contribution is -2.49. The van der Waals surface area contributed by atoms with Crippen LogP contribution in [-0.2, 0) is 16.6 Å².